The highest BCUT2D eigenvalue weighted by atomic mass is 15.0. The molecule has 2 saturated heterocycles. The first-order valence-electron chi connectivity index (χ1n) is 3.91. The molecule has 2 heterocycles. The van der Waals surface area contributed by atoms with E-state index in [-0.39, 0.29) is 0 Å². The molecule has 0 unspecified atom stereocenters. The van der Waals surface area contributed by atoms with E-state index < -0.39 is 0 Å². The minimum absolute atomic E-state index is 0.804. The van der Waals surface area contributed by atoms with E-state index >= 15 is 0 Å². The van der Waals surface area contributed by atoms with Crippen molar-refractivity contribution in [2.75, 3.05) is 19.6 Å². The molecule has 0 aromatic heterocycles. The third-order valence-corrected chi connectivity index (χ3v) is 2.55. The number of hydrogen-bond donors (Lipinski definition) is 2. The number of nitrogens with one attached hydrogen (secondary N) is 2. The Labute approximate surface area is 56.0 Å². The van der Waals surface area contributed by atoms with Crippen molar-refractivity contribution < 1.29 is 0 Å². The molecule has 2 nitrogen and oxygen atoms in total. The molecule has 2 aliphatic rings. The Morgan fingerprint density at radius 3 is 2.89 bits per heavy atom. The summed E-state index contributed by atoms with van der Waals surface area (Å²) in [7, 11) is 0. The molecule has 2 rings (SSSR count). The highest BCUT2D eigenvalue weighted by Gasteiger charge is 2.28. The van der Waals surface area contributed by atoms with E-state index in [4.69, 9.17) is 0 Å². The van der Waals surface area contributed by atoms with Crippen LogP contribution in [0, 0.1) is 5.92 Å². The van der Waals surface area contributed by atoms with E-state index in [1.54, 1.807) is 0 Å². The fourth-order valence-corrected chi connectivity index (χ4v) is 1.95. The number of hydrogen-bond acceptors (Lipinski definition) is 2. The molecule has 0 bridgehead atoms. The third-order valence-electron chi connectivity index (χ3n) is 2.55. The molecule has 52 valence electrons. The maximum absolute atomic E-state index is 3.50. The van der Waals surface area contributed by atoms with Crippen LogP contribution in [0.2, 0.25) is 0 Å². The van der Waals surface area contributed by atoms with Crippen molar-refractivity contribution in [2.24, 2.45) is 5.92 Å². The van der Waals surface area contributed by atoms with Gasteiger partial charge in [-0.05, 0) is 31.8 Å². The fourth-order valence-electron chi connectivity index (χ4n) is 1.95. The zero-order chi connectivity index (χ0) is 6.10. The van der Waals surface area contributed by atoms with E-state index in [0.29, 0.717) is 0 Å². The normalized spacial score (nSPS) is 42.7. The van der Waals surface area contributed by atoms with Crippen molar-refractivity contribution in [1.82, 2.24) is 10.6 Å². The van der Waals surface area contributed by atoms with Crippen molar-refractivity contribution in [2.45, 2.75) is 18.9 Å². The van der Waals surface area contributed by atoms with Gasteiger partial charge in [-0.15, -0.1) is 0 Å². The van der Waals surface area contributed by atoms with E-state index in [1.807, 2.05) is 0 Å². The van der Waals surface area contributed by atoms with Crippen LogP contribution in [0.25, 0.3) is 0 Å². The molecule has 0 radical (unpaired) electrons. The quantitative estimate of drug-likeness (QED) is 0.476. The lowest BCUT2D eigenvalue weighted by molar-refractivity contribution is 0.343. The summed E-state index contributed by atoms with van der Waals surface area (Å²) in [4.78, 5) is 0. The lowest BCUT2D eigenvalue weighted by atomic mass is 9.94. The second kappa shape index (κ2) is 2.27. The van der Waals surface area contributed by atoms with Crippen LogP contribution < -0.4 is 10.6 Å². The molecule has 2 fully saturated rings. The van der Waals surface area contributed by atoms with Crippen LogP contribution in [0.5, 0.6) is 0 Å². The first kappa shape index (κ1) is 5.69. The molecule has 2 heteroatoms. The van der Waals surface area contributed by atoms with Gasteiger partial charge in [0.05, 0.1) is 0 Å². The topological polar surface area (TPSA) is 24.1 Å². The maximum Gasteiger partial charge on any atom is 0.0221 e. The maximum atomic E-state index is 3.50. The SMILES string of the molecule is C1C[C@@H]2CCN[C@@H]2CN1. The summed E-state index contributed by atoms with van der Waals surface area (Å²) < 4.78 is 0. The Bertz CT molecular complexity index is 91.1. The molecule has 0 amide bonds. The molecule has 0 aromatic rings. The third kappa shape index (κ3) is 0.970. The average Bonchev–Trinajstić information content (AvgIpc) is 2.33. The Morgan fingerprint density at radius 1 is 1.11 bits per heavy atom. The van der Waals surface area contributed by atoms with Crippen molar-refractivity contribution >= 4 is 0 Å². The summed E-state index contributed by atoms with van der Waals surface area (Å²) in [5.74, 6) is 0.992. The van der Waals surface area contributed by atoms with Gasteiger partial charge in [0.1, 0.15) is 0 Å². The second-order valence-corrected chi connectivity index (χ2v) is 3.10. The van der Waals surface area contributed by atoms with Crippen LogP contribution in [0.1, 0.15) is 12.8 Å². The highest BCUT2D eigenvalue weighted by molar-refractivity contribution is 4.88. The summed E-state index contributed by atoms with van der Waals surface area (Å²) in [6.45, 7) is 3.69. The lowest BCUT2D eigenvalue weighted by Gasteiger charge is -2.25. The molecule has 2 aliphatic heterocycles. The minimum atomic E-state index is 0.804. The van der Waals surface area contributed by atoms with E-state index in [1.165, 1.54) is 32.5 Å². The van der Waals surface area contributed by atoms with Crippen molar-refractivity contribution in [3.8, 4) is 0 Å². The Hall–Kier alpha value is -0.0800. The highest BCUT2D eigenvalue weighted by Crippen LogP contribution is 2.20. The minimum Gasteiger partial charge on any atom is -0.315 e. The van der Waals surface area contributed by atoms with Crippen LogP contribution in [-0.4, -0.2) is 25.7 Å². The van der Waals surface area contributed by atoms with Gasteiger partial charge in [-0.25, -0.2) is 0 Å². The fraction of sp³-hybridized carbons (Fsp3) is 1.00. The summed E-state index contributed by atoms with van der Waals surface area (Å²) in [5, 5.41) is 6.89. The molecule has 0 spiro atoms. The van der Waals surface area contributed by atoms with Crippen LogP contribution in [-0.2, 0) is 0 Å². The van der Waals surface area contributed by atoms with Gasteiger partial charge in [-0.1, -0.05) is 0 Å². The Morgan fingerprint density at radius 2 is 2.00 bits per heavy atom. The monoisotopic (exact) mass is 126 g/mol. The number of piperidine rings is 1. The van der Waals surface area contributed by atoms with Crippen LogP contribution >= 0.6 is 0 Å². The first-order valence-corrected chi connectivity index (χ1v) is 3.91. The molecular weight excluding hydrogens is 112 g/mol. The number of rotatable bonds is 0. The van der Waals surface area contributed by atoms with Crippen LogP contribution in [0.3, 0.4) is 0 Å². The molecule has 0 saturated carbocycles. The first-order chi connectivity index (χ1) is 4.47. The summed E-state index contributed by atoms with van der Waals surface area (Å²) in [5.41, 5.74) is 0. The van der Waals surface area contributed by atoms with Gasteiger partial charge in [0, 0.05) is 12.6 Å². The van der Waals surface area contributed by atoms with Crippen molar-refractivity contribution in [3.63, 3.8) is 0 Å². The summed E-state index contributed by atoms with van der Waals surface area (Å²) in [6.07, 6.45) is 2.80. The van der Waals surface area contributed by atoms with Gasteiger partial charge >= 0.3 is 0 Å². The van der Waals surface area contributed by atoms with Crippen molar-refractivity contribution in [3.05, 3.63) is 0 Å². The van der Waals surface area contributed by atoms with Gasteiger partial charge in [0.2, 0.25) is 0 Å². The smallest absolute Gasteiger partial charge is 0.0221 e. The van der Waals surface area contributed by atoms with Gasteiger partial charge in [-0.3, -0.25) is 0 Å². The summed E-state index contributed by atoms with van der Waals surface area (Å²) >= 11 is 0. The molecule has 2 N–H and O–H groups in total. The zero-order valence-electron chi connectivity index (χ0n) is 5.69. The van der Waals surface area contributed by atoms with E-state index in [0.717, 1.165) is 12.0 Å². The molecule has 9 heavy (non-hydrogen) atoms. The van der Waals surface area contributed by atoms with Gasteiger partial charge in [-0.2, -0.15) is 0 Å². The second-order valence-electron chi connectivity index (χ2n) is 3.10. The average molecular weight is 126 g/mol. The largest absolute Gasteiger partial charge is 0.315 e. The number of fused-ring (bicyclic) bond motifs is 1. The molecule has 0 aliphatic carbocycles. The Kier molecular flexibility index (Phi) is 1.44. The van der Waals surface area contributed by atoms with Crippen LogP contribution in [0.15, 0.2) is 0 Å². The van der Waals surface area contributed by atoms with Gasteiger partial charge in [0.15, 0.2) is 0 Å². The predicted molar refractivity (Wildman–Crippen MR) is 37.4 cm³/mol. The van der Waals surface area contributed by atoms with Crippen molar-refractivity contribution in [1.29, 1.82) is 0 Å². The Balaban J connectivity index is 1.97. The standard InChI is InChI=1S/C7H14N2/c1-3-8-5-7-6(1)2-4-9-7/h6-9H,1-5H2/t6-,7-/m1/s1. The summed E-state index contributed by atoms with van der Waals surface area (Å²) in [6, 6.07) is 0.804. The van der Waals surface area contributed by atoms with E-state index in [2.05, 4.69) is 10.6 Å². The molecule has 0 aromatic carbocycles. The van der Waals surface area contributed by atoms with Gasteiger partial charge < -0.3 is 10.6 Å². The predicted octanol–water partition coefficient (Wildman–Crippen LogP) is -0.0422. The zero-order valence-corrected chi connectivity index (χ0v) is 5.69. The van der Waals surface area contributed by atoms with E-state index in [9.17, 15) is 0 Å². The molecule has 2 atom stereocenters. The lowest BCUT2D eigenvalue weighted by Crippen LogP contribution is -2.43. The molecular formula is C7H14N2. The van der Waals surface area contributed by atoms with Gasteiger partial charge in [0.25, 0.3) is 0 Å². The van der Waals surface area contributed by atoms with Crippen LogP contribution in [0.4, 0.5) is 0 Å².